The number of fused-ring (bicyclic) bond motifs is 1. The standard InChI is InChI=1S/C24H23N7O5/c1-14-15(2)31(16-8-6-5-7-9-16)21(17(14)10-25)27-18(32)12-36-19(33)11-30-23(34)20-22(26-13-28(20)3)29(4)24(30)35/h5-9,13H,11-12H2,1-4H3,(H,27,32). The molecule has 0 bridgehead atoms. The lowest BCUT2D eigenvalue weighted by Crippen LogP contribution is -2.41. The van der Waals surface area contributed by atoms with E-state index >= 15 is 0 Å². The molecule has 4 rings (SSSR count). The number of esters is 1. The average molecular weight is 489 g/mol. The monoisotopic (exact) mass is 489 g/mol. The number of hydrogen-bond acceptors (Lipinski definition) is 7. The van der Waals surface area contributed by atoms with E-state index in [1.54, 1.807) is 18.5 Å². The molecule has 0 saturated heterocycles. The summed E-state index contributed by atoms with van der Waals surface area (Å²) in [4.78, 5) is 54.4. The Labute approximate surface area is 204 Å². The highest BCUT2D eigenvalue weighted by molar-refractivity contribution is 5.94. The van der Waals surface area contributed by atoms with Gasteiger partial charge in [0.15, 0.2) is 17.8 Å². The van der Waals surface area contributed by atoms with Crippen LogP contribution in [-0.2, 0) is 35.0 Å². The van der Waals surface area contributed by atoms with Crippen LogP contribution in [0.5, 0.6) is 0 Å². The number of hydrogen-bond donors (Lipinski definition) is 1. The molecule has 0 fully saturated rings. The van der Waals surface area contributed by atoms with Crippen LogP contribution < -0.4 is 16.6 Å². The smallest absolute Gasteiger partial charge is 0.333 e. The van der Waals surface area contributed by atoms with Gasteiger partial charge in [0.1, 0.15) is 18.4 Å². The first-order valence-corrected chi connectivity index (χ1v) is 10.9. The Kier molecular flexibility index (Phi) is 6.31. The van der Waals surface area contributed by atoms with Gasteiger partial charge >= 0.3 is 11.7 Å². The van der Waals surface area contributed by atoms with Crippen molar-refractivity contribution < 1.29 is 14.3 Å². The highest BCUT2D eigenvalue weighted by Gasteiger charge is 2.22. The quantitative estimate of drug-likeness (QED) is 0.396. The molecule has 1 N–H and O–H groups in total. The Morgan fingerprint density at radius 1 is 1.14 bits per heavy atom. The predicted octanol–water partition coefficient (Wildman–Crippen LogP) is 0.895. The Morgan fingerprint density at radius 3 is 2.50 bits per heavy atom. The van der Waals surface area contributed by atoms with Crippen molar-refractivity contribution in [1.82, 2.24) is 23.3 Å². The van der Waals surface area contributed by atoms with E-state index in [1.807, 2.05) is 37.3 Å². The van der Waals surface area contributed by atoms with E-state index in [0.29, 0.717) is 5.56 Å². The highest BCUT2D eigenvalue weighted by Crippen LogP contribution is 2.29. The summed E-state index contributed by atoms with van der Waals surface area (Å²) in [6, 6.07) is 11.3. The lowest BCUT2D eigenvalue weighted by atomic mass is 10.2. The van der Waals surface area contributed by atoms with Crippen LogP contribution in [0.4, 0.5) is 5.82 Å². The van der Waals surface area contributed by atoms with E-state index in [1.165, 1.54) is 17.9 Å². The van der Waals surface area contributed by atoms with Crippen molar-refractivity contribution in [3.63, 3.8) is 0 Å². The zero-order chi connectivity index (χ0) is 26.1. The Balaban J connectivity index is 1.53. The summed E-state index contributed by atoms with van der Waals surface area (Å²) in [5.41, 5.74) is 1.41. The maximum absolute atomic E-state index is 12.7. The summed E-state index contributed by atoms with van der Waals surface area (Å²) < 4.78 is 10.1. The third kappa shape index (κ3) is 4.07. The van der Waals surface area contributed by atoms with Crippen molar-refractivity contribution in [1.29, 1.82) is 5.26 Å². The molecule has 36 heavy (non-hydrogen) atoms. The van der Waals surface area contributed by atoms with Gasteiger partial charge < -0.3 is 14.6 Å². The van der Waals surface area contributed by atoms with Gasteiger partial charge in [0.05, 0.1) is 11.9 Å². The SMILES string of the molecule is Cc1c(C#N)c(NC(=O)COC(=O)Cn2c(=O)c3c(ncn3C)n(C)c2=O)n(-c2ccccc2)c1C. The van der Waals surface area contributed by atoms with Gasteiger partial charge in [0, 0.05) is 25.5 Å². The van der Waals surface area contributed by atoms with Crippen LogP contribution in [-0.4, -0.2) is 41.7 Å². The fourth-order valence-corrected chi connectivity index (χ4v) is 3.99. The molecule has 12 nitrogen and oxygen atoms in total. The van der Waals surface area contributed by atoms with E-state index < -0.39 is 36.3 Å². The molecule has 184 valence electrons. The molecule has 0 saturated carbocycles. The van der Waals surface area contributed by atoms with Gasteiger partial charge in [-0.3, -0.25) is 23.5 Å². The second-order valence-corrected chi connectivity index (χ2v) is 8.19. The number of carbonyl (C=O) groups excluding carboxylic acids is 2. The summed E-state index contributed by atoms with van der Waals surface area (Å²) in [6.45, 7) is 2.25. The minimum atomic E-state index is -0.947. The molecule has 3 aromatic heterocycles. The fourth-order valence-electron chi connectivity index (χ4n) is 3.99. The Morgan fingerprint density at radius 2 is 1.83 bits per heavy atom. The van der Waals surface area contributed by atoms with Crippen LogP contribution in [0.2, 0.25) is 0 Å². The minimum Gasteiger partial charge on any atom is -0.454 e. The van der Waals surface area contributed by atoms with Gasteiger partial charge in [-0.2, -0.15) is 5.26 Å². The van der Waals surface area contributed by atoms with Crippen molar-refractivity contribution in [2.75, 3.05) is 11.9 Å². The number of aryl methyl sites for hydroxylation is 2. The van der Waals surface area contributed by atoms with E-state index in [2.05, 4.69) is 16.4 Å². The number of amides is 1. The first kappa shape index (κ1) is 24.2. The molecule has 4 aromatic rings. The number of carbonyl (C=O) groups is 2. The average Bonchev–Trinajstić information content (AvgIpc) is 3.36. The van der Waals surface area contributed by atoms with Gasteiger partial charge in [-0.25, -0.2) is 14.3 Å². The van der Waals surface area contributed by atoms with Gasteiger partial charge in [-0.15, -0.1) is 0 Å². The number of anilines is 1. The number of para-hydroxylation sites is 1. The molecule has 0 spiro atoms. The molecule has 0 unspecified atom stereocenters. The Bertz CT molecular complexity index is 1670. The second-order valence-electron chi connectivity index (χ2n) is 8.19. The summed E-state index contributed by atoms with van der Waals surface area (Å²) in [7, 11) is 3.03. The van der Waals surface area contributed by atoms with E-state index in [0.717, 1.165) is 20.5 Å². The summed E-state index contributed by atoms with van der Waals surface area (Å²) >= 11 is 0. The lowest BCUT2D eigenvalue weighted by molar-refractivity contribution is -0.148. The number of ether oxygens (including phenoxy) is 1. The first-order valence-electron chi connectivity index (χ1n) is 10.9. The zero-order valence-corrected chi connectivity index (χ0v) is 20.1. The van der Waals surface area contributed by atoms with Crippen LogP contribution in [0.1, 0.15) is 16.8 Å². The number of imidazole rings is 1. The summed E-state index contributed by atoms with van der Waals surface area (Å²) in [5.74, 6) is -1.37. The lowest BCUT2D eigenvalue weighted by Gasteiger charge is -2.13. The van der Waals surface area contributed by atoms with Crippen LogP contribution in [0, 0.1) is 25.2 Å². The molecule has 0 aliphatic carbocycles. The van der Waals surface area contributed by atoms with Crippen LogP contribution in [0.15, 0.2) is 46.2 Å². The molecule has 0 aliphatic heterocycles. The van der Waals surface area contributed by atoms with Crippen molar-refractivity contribution in [2.24, 2.45) is 14.1 Å². The van der Waals surface area contributed by atoms with Crippen LogP contribution in [0.25, 0.3) is 16.9 Å². The number of nitrogens with zero attached hydrogens (tertiary/aromatic N) is 6. The van der Waals surface area contributed by atoms with Crippen LogP contribution >= 0.6 is 0 Å². The molecule has 0 radical (unpaired) electrons. The van der Waals surface area contributed by atoms with Crippen LogP contribution in [0.3, 0.4) is 0 Å². The largest absolute Gasteiger partial charge is 0.454 e. The number of benzene rings is 1. The second kappa shape index (κ2) is 9.38. The molecular formula is C24H23N7O5. The van der Waals surface area contributed by atoms with E-state index in [9.17, 15) is 24.4 Å². The maximum atomic E-state index is 12.7. The number of aromatic nitrogens is 5. The van der Waals surface area contributed by atoms with Gasteiger partial charge in [0.25, 0.3) is 11.5 Å². The van der Waals surface area contributed by atoms with Gasteiger partial charge in [-0.1, -0.05) is 18.2 Å². The molecule has 0 aliphatic rings. The molecule has 12 heteroatoms. The molecular weight excluding hydrogens is 466 g/mol. The van der Waals surface area contributed by atoms with Crippen molar-refractivity contribution in [2.45, 2.75) is 20.4 Å². The molecule has 0 atom stereocenters. The van der Waals surface area contributed by atoms with Crippen molar-refractivity contribution >= 4 is 28.9 Å². The van der Waals surface area contributed by atoms with Crippen molar-refractivity contribution in [3.05, 3.63) is 74.3 Å². The molecule has 3 heterocycles. The third-order valence-electron chi connectivity index (χ3n) is 5.95. The van der Waals surface area contributed by atoms with E-state index in [-0.39, 0.29) is 22.5 Å². The number of nitrogens with one attached hydrogen (secondary N) is 1. The predicted molar refractivity (Wildman–Crippen MR) is 130 cm³/mol. The number of nitriles is 1. The number of rotatable bonds is 6. The van der Waals surface area contributed by atoms with Gasteiger partial charge in [0.2, 0.25) is 0 Å². The molecule has 1 aromatic carbocycles. The first-order chi connectivity index (χ1) is 17.1. The summed E-state index contributed by atoms with van der Waals surface area (Å²) in [6.07, 6.45) is 1.39. The zero-order valence-electron chi connectivity index (χ0n) is 20.1. The Hall–Kier alpha value is -4.92. The van der Waals surface area contributed by atoms with Gasteiger partial charge in [-0.05, 0) is 31.5 Å². The fraction of sp³-hybridized carbons (Fsp3) is 0.250. The van der Waals surface area contributed by atoms with E-state index in [4.69, 9.17) is 4.74 Å². The van der Waals surface area contributed by atoms with Crippen molar-refractivity contribution in [3.8, 4) is 11.8 Å². The maximum Gasteiger partial charge on any atom is 0.333 e. The molecule has 1 amide bonds. The normalized spacial score (nSPS) is 10.9. The summed E-state index contributed by atoms with van der Waals surface area (Å²) in [5, 5.41) is 12.3. The third-order valence-corrected chi connectivity index (χ3v) is 5.95. The topological polar surface area (TPSA) is 146 Å². The minimum absolute atomic E-state index is 0.152. The highest BCUT2D eigenvalue weighted by atomic mass is 16.5.